The first-order chi connectivity index (χ1) is 7.33. The summed E-state index contributed by atoms with van der Waals surface area (Å²) in [5, 5.41) is 3.98. The van der Waals surface area contributed by atoms with E-state index in [0.29, 0.717) is 6.54 Å². The van der Waals surface area contributed by atoms with Gasteiger partial charge in [-0.15, -0.1) is 0 Å². The van der Waals surface area contributed by atoms with Gasteiger partial charge in [-0.25, -0.2) is 0 Å². The Bertz CT molecular complexity index is 434. The second kappa shape index (κ2) is 4.28. The maximum Gasteiger partial charge on any atom is 0.170 e. The number of nitrogens with zero attached hydrogens (tertiary/aromatic N) is 1. The van der Waals surface area contributed by atoms with E-state index in [4.69, 9.17) is 10.3 Å². The number of benzene rings is 1. The monoisotopic (exact) mass is 202 g/mol. The van der Waals surface area contributed by atoms with Crippen molar-refractivity contribution in [2.45, 2.75) is 13.3 Å². The molecule has 0 fully saturated rings. The van der Waals surface area contributed by atoms with Crippen molar-refractivity contribution in [1.29, 1.82) is 0 Å². The van der Waals surface area contributed by atoms with Gasteiger partial charge in [0.2, 0.25) is 0 Å². The molecule has 3 nitrogen and oxygen atoms in total. The van der Waals surface area contributed by atoms with E-state index < -0.39 is 0 Å². The molecule has 0 saturated carbocycles. The van der Waals surface area contributed by atoms with Gasteiger partial charge in [-0.2, -0.15) is 0 Å². The van der Waals surface area contributed by atoms with Gasteiger partial charge in [0.05, 0.1) is 5.69 Å². The van der Waals surface area contributed by atoms with Gasteiger partial charge in [0.25, 0.3) is 0 Å². The van der Waals surface area contributed by atoms with Crippen LogP contribution in [0.1, 0.15) is 11.3 Å². The molecule has 2 N–H and O–H groups in total. The molecule has 2 aromatic rings. The Morgan fingerprint density at radius 3 is 2.67 bits per heavy atom. The number of hydrogen-bond donors (Lipinski definition) is 1. The second-order valence-corrected chi connectivity index (χ2v) is 3.48. The molecule has 0 bridgehead atoms. The van der Waals surface area contributed by atoms with Crippen LogP contribution in [-0.4, -0.2) is 11.7 Å². The molecule has 0 aliphatic carbocycles. The van der Waals surface area contributed by atoms with Crippen molar-refractivity contribution in [3.8, 4) is 11.3 Å². The third-order valence-corrected chi connectivity index (χ3v) is 2.42. The number of hydrogen-bond acceptors (Lipinski definition) is 3. The quantitative estimate of drug-likeness (QED) is 0.829. The number of aryl methyl sites for hydroxylation is 1. The fourth-order valence-corrected chi connectivity index (χ4v) is 1.64. The number of rotatable bonds is 3. The van der Waals surface area contributed by atoms with Gasteiger partial charge in [0, 0.05) is 11.1 Å². The molecule has 0 aliphatic heterocycles. The van der Waals surface area contributed by atoms with Crippen molar-refractivity contribution < 1.29 is 4.52 Å². The number of nitrogens with two attached hydrogens (primary N) is 1. The van der Waals surface area contributed by atoms with Gasteiger partial charge < -0.3 is 10.3 Å². The minimum Gasteiger partial charge on any atom is -0.356 e. The summed E-state index contributed by atoms with van der Waals surface area (Å²) in [6.07, 6.45) is 0.805. The zero-order valence-electron chi connectivity index (χ0n) is 8.73. The zero-order valence-corrected chi connectivity index (χ0v) is 8.73. The van der Waals surface area contributed by atoms with E-state index in [1.807, 2.05) is 37.3 Å². The fraction of sp³-hybridized carbons (Fsp3) is 0.250. The lowest BCUT2D eigenvalue weighted by molar-refractivity contribution is 0.426. The van der Waals surface area contributed by atoms with Crippen LogP contribution < -0.4 is 5.73 Å². The highest BCUT2D eigenvalue weighted by Gasteiger charge is 2.13. The number of aromatic nitrogens is 1. The molecular formula is C12H14N2O. The predicted molar refractivity (Wildman–Crippen MR) is 59.4 cm³/mol. The van der Waals surface area contributed by atoms with Crippen LogP contribution in [0.5, 0.6) is 0 Å². The Kier molecular flexibility index (Phi) is 2.83. The summed E-state index contributed by atoms with van der Waals surface area (Å²) in [5.41, 5.74) is 8.67. The normalized spacial score (nSPS) is 10.5. The summed E-state index contributed by atoms with van der Waals surface area (Å²) in [7, 11) is 0. The third-order valence-electron chi connectivity index (χ3n) is 2.42. The SMILES string of the molecule is Cc1noc(-c2ccccc2)c1CCN. The van der Waals surface area contributed by atoms with Crippen molar-refractivity contribution in [2.24, 2.45) is 5.73 Å². The second-order valence-electron chi connectivity index (χ2n) is 3.48. The Hall–Kier alpha value is -1.61. The van der Waals surface area contributed by atoms with Gasteiger partial charge >= 0.3 is 0 Å². The lowest BCUT2D eigenvalue weighted by atomic mass is 10.0. The maximum atomic E-state index is 5.57. The molecule has 15 heavy (non-hydrogen) atoms. The molecule has 2 rings (SSSR count). The van der Waals surface area contributed by atoms with Crippen LogP contribution in [-0.2, 0) is 6.42 Å². The van der Waals surface area contributed by atoms with Crippen molar-refractivity contribution in [1.82, 2.24) is 5.16 Å². The van der Waals surface area contributed by atoms with Crippen LogP contribution in [0.2, 0.25) is 0 Å². The van der Waals surface area contributed by atoms with E-state index in [1.165, 1.54) is 0 Å². The van der Waals surface area contributed by atoms with E-state index in [-0.39, 0.29) is 0 Å². The van der Waals surface area contributed by atoms with Crippen LogP contribution >= 0.6 is 0 Å². The standard InChI is InChI=1S/C12H14N2O/c1-9-11(7-8-13)12(15-14-9)10-5-3-2-4-6-10/h2-6H,7-8,13H2,1H3. The highest BCUT2D eigenvalue weighted by molar-refractivity contribution is 5.61. The molecule has 1 aromatic carbocycles. The van der Waals surface area contributed by atoms with E-state index in [0.717, 1.165) is 29.0 Å². The highest BCUT2D eigenvalue weighted by atomic mass is 16.5. The largest absolute Gasteiger partial charge is 0.356 e. The molecule has 0 aliphatic rings. The van der Waals surface area contributed by atoms with E-state index in [9.17, 15) is 0 Å². The molecule has 3 heteroatoms. The Morgan fingerprint density at radius 2 is 2.00 bits per heavy atom. The van der Waals surface area contributed by atoms with Crippen LogP contribution in [0.25, 0.3) is 11.3 Å². The average Bonchev–Trinajstić information content (AvgIpc) is 2.63. The Morgan fingerprint density at radius 1 is 1.27 bits per heavy atom. The lowest BCUT2D eigenvalue weighted by Crippen LogP contribution is -2.03. The summed E-state index contributed by atoms with van der Waals surface area (Å²) in [5.74, 6) is 0.846. The molecule has 1 aromatic heterocycles. The van der Waals surface area contributed by atoms with Crippen LogP contribution in [0.3, 0.4) is 0 Å². The van der Waals surface area contributed by atoms with Crippen LogP contribution in [0.15, 0.2) is 34.9 Å². The molecule has 0 unspecified atom stereocenters. The average molecular weight is 202 g/mol. The Labute approximate surface area is 88.9 Å². The van der Waals surface area contributed by atoms with E-state index >= 15 is 0 Å². The topological polar surface area (TPSA) is 52.0 Å². The summed E-state index contributed by atoms with van der Waals surface area (Å²) < 4.78 is 5.33. The van der Waals surface area contributed by atoms with Gasteiger partial charge in [-0.3, -0.25) is 0 Å². The summed E-state index contributed by atoms with van der Waals surface area (Å²) in [4.78, 5) is 0. The van der Waals surface area contributed by atoms with E-state index in [2.05, 4.69) is 5.16 Å². The van der Waals surface area contributed by atoms with Crippen molar-refractivity contribution in [2.75, 3.05) is 6.54 Å². The molecule has 0 radical (unpaired) electrons. The summed E-state index contributed by atoms with van der Waals surface area (Å²) in [6.45, 7) is 2.56. The summed E-state index contributed by atoms with van der Waals surface area (Å²) in [6, 6.07) is 9.98. The molecule has 0 spiro atoms. The molecule has 0 atom stereocenters. The molecule has 1 heterocycles. The predicted octanol–water partition coefficient (Wildman–Crippen LogP) is 2.15. The smallest absolute Gasteiger partial charge is 0.170 e. The molecule has 78 valence electrons. The molecular weight excluding hydrogens is 188 g/mol. The van der Waals surface area contributed by atoms with E-state index in [1.54, 1.807) is 0 Å². The maximum absolute atomic E-state index is 5.57. The first kappa shape index (κ1) is 9.93. The lowest BCUT2D eigenvalue weighted by Gasteiger charge is -1.99. The van der Waals surface area contributed by atoms with Gasteiger partial charge in [-0.05, 0) is 19.9 Å². The van der Waals surface area contributed by atoms with Gasteiger partial charge in [0.15, 0.2) is 5.76 Å². The van der Waals surface area contributed by atoms with Gasteiger partial charge in [0.1, 0.15) is 0 Å². The first-order valence-electron chi connectivity index (χ1n) is 5.03. The Balaban J connectivity index is 2.44. The summed E-state index contributed by atoms with van der Waals surface area (Å²) >= 11 is 0. The third kappa shape index (κ3) is 1.92. The minimum atomic E-state index is 0.613. The molecule has 0 saturated heterocycles. The minimum absolute atomic E-state index is 0.613. The first-order valence-corrected chi connectivity index (χ1v) is 5.03. The van der Waals surface area contributed by atoms with Crippen LogP contribution in [0.4, 0.5) is 0 Å². The zero-order chi connectivity index (χ0) is 10.7. The van der Waals surface area contributed by atoms with Crippen molar-refractivity contribution in [3.63, 3.8) is 0 Å². The fourth-order valence-electron chi connectivity index (χ4n) is 1.64. The van der Waals surface area contributed by atoms with Gasteiger partial charge in [-0.1, -0.05) is 35.5 Å². The molecule has 0 amide bonds. The van der Waals surface area contributed by atoms with Crippen molar-refractivity contribution >= 4 is 0 Å². The van der Waals surface area contributed by atoms with Crippen LogP contribution in [0, 0.1) is 6.92 Å². The highest BCUT2D eigenvalue weighted by Crippen LogP contribution is 2.25. The van der Waals surface area contributed by atoms with Crippen molar-refractivity contribution in [3.05, 3.63) is 41.6 Å².